The van der Waals surface area contributed by atoms with E-state index in [2.05, 4.69) is 19.2 Å². The summed E-state index contributed by atoms with van der Waals surface area (Å²) in [7, 11) is 0. The molecule has 0 spiro atoms. The van der Waals surface area contributed by atoms with Crippen molar-refractivity contribution in [3.05, 3.63) is 71.0 Å². The fourth-order valence-electron chi connectivity index (χ4n) is 2.35. The third-order valence-corrected chi connectivity index (χ3v) is 3.60. The summed E-state index contributed by atoms with van der Waals surface area (Å²) >= 11 is 0. The molecular weight excluding hydrogens is 321 g/mol. The monoisotopic (exact) mass is 343 g/mol. The average Bonchev–Trinajstić information content (AvgIpc) is 2.59. The van der Waals surface area contributed by atoms with Gasteiger partial charge in [-0.15, -0.1) is 0 Å². The first-order chi connectivity index (χ1) is 12.0. The van der Waals surface area contributed by atoms with Crippen LogP contribution >= 0.6 is 0 Å². The van der Waals surface area contributed by atoms with Gasteiger partial charge in [-0.2, -0.15) is 0 Å². The standard InChI is InChI=1S/C20H22FNO3/c1-14(2)11-15-7-9-16(10-8-15)20(24)25-13-19(23)22-12-17-5-3-4-6-18(17)21/h3-10,14H,11-13H2,1-2H3,(H,22,23). The van der Waals surface area contributed by atoms with Gasteiger partial charge in [-0.05, 0) is 36.1 Å². The predicted octanol–water partition coefficient (Wildman–Crippen LogP) is 3.50. The zero-order valence-electron chi connectivity index (χ0n) is 14.4. The molecule has 1 amide bonds. The van der Waals surface area contributed by atoms with E-state index >= 15 is 0 Å². The van der Waals surface area contributed by atoms with Crippen LogP contribution in [0.2, 0.25) is 0 Å². The fraction of sp³-hybridized carbons (Fsp3) is 0.300. The van der Waals surface area contributed by atoms with Crippen LogP contribution < -0.4 is 5.32 Å². The van der Waals surface area contributed by atoms with Gasteiger partial charge in [0.15, 0.2) is 6.61 Å². The van der Waals surface area contributed by atoms with Crippen LogP contribution in [0.1, 0.15) is 35.3 Å². The van der Waals surface area contributed by atoms with Crippen molar-refractivity contribution in [1.29, 1.82) is 0 Å². The van der Waals surface area contributed by atoms with Crippen LogP contribution in [0.4, 0.5) is 4.39 Å². The summed E-state index contributed by atoms with van der Waals surface area (Å²) in [6.45, 7) is 3.90. The van der Waals surface area contributed by atoms with E-state index in [9.17, 15) is 14.0 Å². The Morgan fingerprint density at radius 2 is 1.76 bits per heavy atom. The Morgan fingerprint density at radius 1 is 1.08 bits per heavy atom. The lowest BCUT2D eigenvalue weighted by molar-refractivity contribution is -0.124. The molecule has 2 aromatic rings. The van der Waals surface area contributed by atoms with E-state index in [1.165, 1.54) is 6.07 Å². The largest absolute Gasteiger partial charge is 0.452 e. The lowest BCUT2D eigenvalue weighted by Crippen LogP contribution is -2.28. The SMILES string of the molecule is CC(C)Cc1ccc(C(=O)OCC(=O)NCc2ccccc2F)cc1. The highest BCUT2D eigenvalue weighted by Gasteiger charge is 2.11. The molecule has 0 saturated heterocycles. The lowest BCUT2D eigenvalue weighted by Gasteiger charge is -2.08. The Morgan fingerprint density at radius 3 is 2.40 bits per heavy atom. The predicted molar refractivity (Wildman–Crippen MR) is 93.5 cm³/mol. The van der Waals surface area contributed by atoms with Gasteiger partial charge in [-0.3, -0.25) is 4.79 Å². The molecule has 132 valence electrons. The summed E-state index contributed by atoms with van der Waals surface area (Å²) in [5.41, 5.74) is 1.92. The first kappa shape index (κ1) is 18.6. The molecule has 0 aliphatic carbocycles. The Kier molecular flexibility index (Phi) is 6.69. The van der Waals surface area contributed by atoms with Gasteiger partial charge in [-0.1, -0.05) is 44.2 Å². The molecule has 4 nitrogen and oxygen atoms in total. The molecule has 0 saturated carbocycles. The van der Waals surface area contributed by atoms with E-state index < -0.39 is 18.5 Å². The zero-order valence-corrected chi connectivity index (χ0v) is 14.4. The summed E-state index contributed by atoms with van der Waals surface area (Å²) in [6, 6.07) is 13.3. The lowest BCUT2D eigenvalue weighted by atomic mass is 10.0. The number of nitrogens with one attached hydrogen (secondary N) is 1. The first-order valence-electron chi connectivity index (χ1n) is 8.22. The molecule has 0 aliphatic heterocycles. The van der Waals surface area contributed by atoms with Gasteiger partial charge in [-0.25, -0.2) is 9.18 Å². The van der Waals surface area contributed by atoms with Gasteiger partial charge in [0.1, 0.15) is 5.82 Å². The molecule has 2 aromatic carbocycles. The summed E-state index contributed by atoms with van der Waals surface area (Å²) < 4.78 is 18.4. The van der Waals surface area contributed by atoms with E-state index in [0.717, 1.165) is 12.0 Å². The molecule has 0 unspecified atom stereocenters. The van der Waals surface area contributed by atoms with Crippen molar-refractivity contribution in [2.75, 3.05) is 6.61 Å². The molecule has 0 fully saturated rings. The second-order valence-electron chi connectivity index (χ2n) is 6.24. The van der Waals surface area contributed by atoms with Crippen molar-refractivity contribution in [2.24, 2.45) is 5.92 Å². The van der Waals surface area contributed by atoms with Crippen molar-refractivity contribution < 1.29 is 18.7 Å². The molecule has 0 heterocycles. The quantitative estimate of drug-likeness (QED) is 0.783. The van der Waals surface area contributed by atoms with Crippen molar-refractivity contribution in [3.8, 4) is 0 Å². The molecule has 25 heavy (non-hydrogen) atoms. The first-order valence-corrected chi connectivity index (χ1v) is 8.22. The normalized spacial score (nSPS) is 10.6. The topological polar surface area (TPSA) is 55.4 Å². The number of hydrogen-bond acceptors (Lipinski definition) is 3. The number of carbonyl (C=O) groups excluding carboxylic acids is 2. The minimum Gasteiger partial charge on any atom is -0.452 e. The summed E-state index contributed by atoms with van der Waals surface area (Å²) in [4.78, 5) is 23.7. The number of ether oxygens (including phenoxy) is 1. The van der Waals surface area contributed by atoms with Gasteiger partial charge >= 0.3 is 5.97 Å². The van der Waals surface area contributed by atoms with Crippen LogP contribution in [-0.4, -0.2) is 18.5 Å². The highest BCUT2D eigenvalue weighted by Crippen LogP contribution is 2.10. The average molecular weight is 343 g/mol. The molecule has 0 bridgehead atoms. The van der Waals surface area contributed by atoms with Gasteiger partial charge < -0.3 is 10.1 Å². The summed E-state index contributed by atoms with van der Waals surface area (Å²) in [5.74, 6) is -0.887. The van der Waals surface area contributed by atoms with Crippen LogP contribution in [0.3, 0.4) is 0 Å². The number of rotatable bonds is 7. The Balaban J connectivity index is 1.79. The van der Waals surface area contributed by atoms with Crippen molar-refractivity contribution >= 4 is 11.9 Å². The highest BCUT2D eigenvalue weighted by atomic mass is 19.1. The van der Waals surface area contributed by atoms with E-state index in [0.29, 0.717) is 17.0 Å². The number of amides is 1. The molecule has 1 N–H and O–H groups in total. The second kappa shape index (κ2) is 8.97. The zero-order chi connectivity index (χ0) is 18.2. The number of hydrogen-bond donors (Lipinski definition) is 1. The maximum Gasteiger partial charge on any atom is 0.338 e. The summed E-state index contributed by atoms with van der Waals surface area (Å²) in [5, 5.41) is 2.52. The molecule has 0 aliphatic rings. The Hall–Kier alpha value is -2.69. The maximum atomic E-state index is 13.5. The number of carbonyl (C=O) groups is 2. The minimum absolute atomic E-state index is 0.0486. The van der Waals surface area contributed by atoms with Crippen LogP contribution in [0.15, 0.2) is 48.5 Å². The number of halogens is 1. The Bertz CT molecular complexity index is 726. The van der Waals surface area contributed by atoms with Crippen LogP contribution in [0.25, 0.3) is 0 Å². The van der Waals surface area contributed by atoms with Gasteiger partial charge in [0.05, 0.1) is 5.56 Å². The van der Waals surface area contributed by atoms with Gasteiger partial charge in [0.25, 0.3) is 5.91 Å². The third-order valence-electron chi connectivity index (χ3n) is 3.60. The number of benzene rings is 2. The van der Waals surface area contributed by atoms with Crippen LogP contribution in [-0.2, 0) is 22.5 Å². The number of esters is 1. The summed E-state index contributed by atoms with van der Waals surface area (Å²) in [6.07, 6.45) is 0.938. The van der Waals surface area contributed by atoms with Gasteiger partial charge in [0, 0.05) is 12.1 Å². The van der Waals surface area contributed by atoms with Crippen molar-refractivity contribution in [1.82, 2.24) is 5.32 Å². The van der Waals surface area contributed by atoms with E-state index in [1.54, 1.807) is 30.3 Å². The molecular formula is C20H22FNO3. The highest BCUT2D eigenvalue weighted by molar-refractivity contribution is 5.91. The maximum absolute atomic E-state index is 13.5. The Labute approximate surface area is 147 Å². The van der Waals surface area contributed by atoms with E-state index in [4.69, 9.17) is 4.74 Å². The fourth-order valence-corrected chi connectivity index (χ4v) is 2.35. The van der Waals surface area contributed by atoms with Crippen molar-refractivity contribution in [3.63, 3.8) is 0 Å². The smallest absolute Gasteiger partial charge is 0.338 e. The van der Waals surface area contributed by atoms with Crippen molar-refractivity contribution in [2.45, 2.75) is 26.8 Å². The molecule has 2 rings (SSSR count). The molecule has 5 heteroatoms. The second-order valence-corrected chi connectivity index (χ2v) is 6.24. The third kappa shape index (κ3) is 6.03. The van der Waals surface area contributed by atoms with Crippen LogP contribution in [0, 0.1) is 11.7 Å². The van der Waals surface area contributed by atoms with Gasteiger partial charge in [0.2, 0.25) is 0 Å². The molecule has 0 aromatic heterocycles. The van der Waals surface area contributed by atoms with Crippen LogP contribution in [0.5, 0.6) is 0 Å². The molecule has 0 radical (unpaired) electrons. The van der Waals surface area contributed by atoms with E-state index in [1.807, 2.05) is 12.1 Å². The van der Waals surface area contributed by atoms with E-state index in [-0.39, 0.29) is 12.4 Å². The minimum atomic E-state index is -0.558. The molecule has 0 atom stereocenters.